The average Bonchev–Trinajstić information content (AvgIpc) is 2.96. The number of hydrogen-bond acceptors (Lipinski definition) is 7. The van der Waals surface area contributed by atoms with Crippen LogP contribution in [0.15, 0.2) is 4.34 Å². The van der Waals surface area contributed by atoms with Gasteiger partial charge in [0, 0.05) is 13.0 Å². The fraction of sp³-hybridized carbons (Fsp3) is 0.769. The second-order valence-corrected chi connectivity index (χ2v) is 9.11. The second kappa shape index (κ2) is 7.20. The Balaban J connectivity index is 2.16. The highest BCUT2D eigenvalue weighted by Gasteiger charge is 2.36. The Hall–Kier alpha value is -1.10. The number of nitrogens with one attached hydrogen (secondary N) is 1. The SMILES string of the molecule is CC(C)C(=O)Nc1nnc(S(=O)(=O)N(C)C2CCCCC2O)s1. The van der Waals surface area contributed by atoms with Gasteiger partial charge in [-0.25, -0.2) is 8.42 Å². The van der Waals surface area contributed by atoms with Crippen LogP contribution in [0, 0.1) is 5.92 Å². The molecule has 1 heterocycles. The summed E-state index contributed by atoms with van der Waals surface area (Å²) in [6, 6.07) is -0.452. The molecule has 8 nitrogen and oxygen atoms in total. The molecule has 1 aromatic rings. The summed E-state index contributed by atoms with van der Waals surface area (Å²) in [7, 11) is -2.39. The van der Waals surface area contributed by atoms with Gasteiger partial charge in [-0.3, -0.25) is 4.79 Å². The van der Waals surface area contributed by atoms with Gasteiger partial charge in [0.15, 0.2) is 0 Å². The van der Waals surface area contributed by atoms with E-state index in [4.69, 9.17) is 0 Å². The number of aliphatic hydroxyl groups excluding tert-OH is 1. The predicted molar refractivity (Wildman–Crippen MR) is 86.6 cm³/mol. The van der Waals surface area contributed by atoms with Crippen LogP contribution in [-0.4, -0.2) is 53.1 Å². The van der Waals surface area contributed by atoms with Gasteiger partial charge in [-0.1, -0.05) is 38.0 Å². The van der Waals surface area contributed by atoms with E-state index in [0.29, 0.717) is 12.8 Å². The van der Waals surface area contributed by atoms with Crippen LogP contribution in [0.25, 0.3) is 0 Å². The normalized spacial score (nSPS) is 22.5. The highest BCUT2D eigenvalue weighted by molar-refractivity contribution is 7.91. The van der Waals surface area contributed by atoms with Gasteiger partial charge in [0.25, 0.3) is 10.0 Å². The van der Waals surface area contributed by atoms with Crippen LogP contribution in [0.1, 0.15) is 39.5 Å². The zero-order valence-electron chi connectivity index (χ0n) is 13.4. The first kappa shape index (κ1) is 18.2. The minimum atomic E-state index is -3.84. The van der Waals surface area contributed by atoms with Crippen molar-refractivity contribution in [1.82, 2.24) is 14.5 Å². The van der Waals surface area contributed by atoms with Crippen LogP contribution >= 0.6 is 11.3 Å². The molecule has 1 aliphatic carbocycles. The smallest absolute Gasteiger partial charge is 0.272 e. The zero-order valence-corrected chi connectivity index (χ0v) is 15.0. The van der Waals surface area contributed by atoms with Crippen molar-refractivity contribution in [2.24, 2.45) is 5.92 Å². The molecule has 0 saturated heterocycles. The molecule has 0 radical (unpaired) electrons. The second-order valence-electron chi connectivity index (χ2n) is 5.96. The number of aromatic nitrogens is 2. The molecule has 1 aliphatic rings. The summed E-state index contributed by atoms with van der Waals surface area (Å²) < 4.78 is 26.2. The number of sulfonamides is 1. The lowest BCUT2D eigenvalue weighted by atomic mass is 9.93. The molecule has 130 valence electrons. The van der Waals surface area contributed by atoms with Crippen LogP contribution in [-0.2, 0) is 14.8 Å². The fourth-order valence-electron chi connectivity index (χ4n) is 2.43. The third kappa shape index (κ3) is 4.06. The van der Waals surface area contributed by atoms with Crippen molar-refractivity contribution in [3.05, 3.63) is 0 Å². The minimum absolute atomic E-state index is 0.153. The van der Waals surface area contributed by atoms with Crippen LogP contribution < -0.4 is 5.32 Å². The maximum Gasteiger partial charge on any atom is 0.272 e. The molecule has 2 rings (SSSR count). The quantitative estimate of drug-likeness (QED) is 0.757. The van der Waals surface area contributed by atoms with Crippen molar-refractivity contribution < 1.29 is 18.3 Å². The van der Waals surface area contributed by atoms with Gasteiger partial charge < -0.3 is 10.4 Å². The van der Waals surface area contributed by atoms with E-state index >= 15 is 0 Å². The predicted octanol–water partition coefficient (Wildman–Crippen LogP) is 1.06. The molecule has 23 heavy (non-hydrogen) atoms. The molecule has 1 aromatic heterocycles. The van der Waals surface area contributed by atoms with Crippen LogP contribution in [0.4, 0.5) is 5.13 Å². The Bertz CT molecular complexity index is 659. The van der Waals surface area contributed by atoms with Crippen LogP contribution in [0.5, 0.6) is 0 Å². The van der Waals surface area contributed by atoms with Gasteiger partial charge in [0.2, 0.25) is 15.4 Å². The lowest BCUT2D eigenvalue weighted by Crippen LogP contribution is -2.46. The summed E-state index contributed by atoms with van der Waals surface area (Å²) >= 11 is 0.814. The van der Waals surface area contributed by atoms with E-state index in [-0.39, 0.29) is 21.3 Å². The van der Waals surface area contributed by atoms with Gasteiger partial charge in [-0.2, -0.15) is 4.31 Å². The van der Waals surface area contributed by atoms with E-state index in [0.717, 1.165) is 24.2 Å². The number of anilines is 1. The molecule has 2 unspecified atom stereocenters. The molecule has 1 amide bonds. The molecular weight excluding hydrogens is 340 g/mol. The van der Waals surface area contributed by atoms with Gasteiger partial charge in [0.1, 0.15) is 0 Å². The van der Waals surface area contributed by atoms with Crippen molar-refractivity contribution in [2.45, 2.75) is 56.0 Å². The summed E-state index contributed by atoms with van der Waals surface area (Å²) in [4.78, 5) is 11.6. The minimum Gasteiger partial charge on any atom is -0.391 e. The number of hydrogen-bond donors (Lipinski definition) is 2. The third-order valence-corrected chi connectivity index (χ3v) is 6.99. The molecule has 1 fully saturated rings. The molecular formula is C13H22N4O4S2. The molecule has 1 saturated carbocycles. The first-order valence-electron chi connectivity index (χ1n) is 7.54. The maximum absolute atomic E-state index is 12.6. The number of nitrogens with zero attached hydrogens (tertiary/aromatic N) is 3. The summed E-state index contributed by atoms with van der Waals surface area (Å²) in [6.07, 6.45) is 2.32. The van der Waals surface area contributed by atoms with Gasteiger partial charge in [-0.05, 0) is 12.8 Å². The molecule has 0 bridgehead atoms. The average molecular weight is 362 g/mol. The lowest BCUT2D eigenvalue weighted by Gasteiger charge is -2.33. The Kier molecular flexibility index (Phi) is 5.71. The Morgan fingerprint density at radius 3 is 2.61 bits per heavy atom. The summed E-state index contributed by atoms with van der Waals surface area (Å²) in [5.74, 6) is -0.486. The van der Waals surface area contributed by atoms with Crippen LogP contribution in [0.3, 0.4) is 0 Å². The van der Waals surface area contributed by atoms with E-state index < -0.39 is 22.2 Å². The van der Waals surface area contributed by atoms with Crippen LogP contribution in [0.2, 0.25) is 0 Å². The molecule has 0 aromatic carbocycles. The van der Waals surface area contributed by atoms with Crippen molar-refractivity contribution in [1.29, 1.82) is 0 Å². The number of carbonyl (C=O) groups excluding carboxylic acids is 1. The van der Waals surface area contributed by atoms with Gasteiger partial charge >= 0.3 is 0 Å². The fourth-order valence-corrected chi connectivity index (χ4v) is 4.92. The number of likely N-dealkylation sites (N-methyl/N-ethyl adjacent to an activating group) is 1. The van der Waals surface area contributed by atoms with Gasteiger partial charge in [-0.15, -0.1) is 10.2 Å². The topological polar surface area (TPSA) is 112 Å². The summed E-state index contributed by atoms with van der Waals surface area (Å²) in [6.45, 7) is 3.46. The number of amides is 1. The Morgan fingerprint density at radius 2 is 2.00 bits per heavy atom. The van der Waals surface area contributed by atoms with Crippen molar-refractivity contribution in [3.8, 4) is 0 Å². The number of rotatable bonds is 5. The van der Waals surface area contributed by atoms with E-state index in [1.54, 1.807) is 13.8 Å². The highest BCUT2D eigenvalue weighted by Crippen LogP contribution is 2.29. The highest BCUT2D eigenvalue weighted by atomic mass is 32.2. The molecule has 2 atom stereocenters. The standard InChI is InChI=1S/C13H22N4O4S2/c1-8(2)11(19)14-12-15-16-13(22-12)23(20,21)17(3)9-6-4-5-7-10(9)18/h8-10,18H,4-7H2,1-3H3,(H,14,15,19). The maximum atomic E-state index is 12.6. The van der Waals surface area contributed by atoms with E-state index in [9.17, 15) is 18.3 Å². The van der Waals surface area contributed by atoms with E-state index in [1.165, 1.54) is 11.4 Å². The lowest BCUT2D eigenvalue weighted by molar-refractivity contribution is -0.118. The van der Waals surface area contributed by atoms with E-state index in [2.05, 4.69) is 15.5 Å². The van der Waals surface area contributed by atoms with E-state index in [1.807, 2.05) is 0 Å². The Morgan fingerprint density at radius 1 is 1.35 bits per heavy atom. The monoisotopic (exact) mass is 362 g/mol. The molecule has 0 spiro atoms. The molecule has 2 N–H and O–H groups in total. The number of aliphatic hydroxyl groups is 1. The van der Waals surface area contributed by atoms with Gasteiger partial charge in [0.05, 0.1) is 12.1 Å². The molecule has 0 aliphatic heterocycles. The largest absolute Gasteiger partial charge is 0.391 e. The van der Waals surface area contributed by atoms with Crippen molar-refractivity contribution in [2.75, 3.05) is 12.4 Å². The first-order chi connectivity index (χ1) is 10.7. The Labute approximate surface area is 140 Å². The van der Waals surface area contributed by atoms with Crippen molar-refractivity contribution >= 4 is 32.4 Å². The van der Waals surface area contributed by atoms with Crippen molar-refractivity contribution in [3.63, 3.8) is 0 Å². The first-order valence-corrected chi connectivity index (χ1v) is 9.79. The summed E-state index contributed by atoms with van der Waals surface area (Å²) in [5.41, 5.74) is 0. The molecule has 10 heteroatoms. The third-order valence-electron chi connectivity index (χ3n) is 3.92. The zero-order chi connectivity index (χ0) is 17.2. The summed E-state index contributed by atoms with van der Waals surface area (Å²) in [5, 5.41) is 20.1. The number of carbonyl (C=O) groups is 1.